The van der Waals surface area contributed by atoms with Crippen LogP contribution in [0.25, 0.3) is 0 Å². The smallest absolute Gasteiger partial charge is 0.323 e. The SMILES string of the molecule is CCN(CC)C(=O)n1ccc(SCc2ccccc2C)n1. The highest BCUT2D eigenvalue weighted by atomic mass is 32.2. The topological polar surface area (TPSA) is 38.1 Å². The van der Waals surface area contributed by atoms with E-state index in [1.54, 1.807) is 22.9 Å². The van der Waals surface area contributed by atoms with Crippen LogP contribution in [0.2, 0.25) is 0 Å². The highest BCUT2D eigenvalue weighted by molar-refractivity contribution is 7.98. The van der Waals surface area contributed by atoms with Gasteiger partial charge in [0.25, 0.3) is 0 Å². The first-order valence-corrected chi connectivity index (χ1v) is 8.16. The van der Waals surface area contributed by atoms with Gasteiger partial charge in [-0.25, -0.2) is 4.79 Å². The Morgan fingerprint density at radius 3 is 2.62 bits per heavy atom. The molecule has 0 unspecified atom stereocenters. The van der Waals surface area contributed by atoms with Gasteiger partial charge in [-0.1, -0.05) is 36.0 Å². The Labute approximate surface area is 130 Å². The summed E-state index contributed by atoms with van der Waals surface area (Å²) in [4.78, 5) is 13.9. The van der Waals surface area contributed by atoms with Gasteiger partial charge in [-0.3, -0.25) is 0 Å². The second kappa shape index (κ2) is 7.31. The average molecular weight is 303 g/mol. The van der Waals surface area contributed by atoms with Gasteiger partial charge in [-0.15, -0.1) is 0 Å². The molecular weight excluding hydrogens is 282 g/mol. The highest BCUT2D eigenvalue weighted by Gasteiger charge is 2.13. The maximum absolute atomic E-state index is 12.2. The molecule has 4 nitrogen and oxygen atoms in total. The molecule has 5 heteroatoms. The minimum atomic E-state index is -0.0669. The summed E-state index contributed by atoms with van der Waals surface area (Å²) in [5.41, 5.74) is 2.58. The molecule has 0 aliphatic carbocycles. The first-order chi connectivity index (χ1) is 10.2. The maximum Gasteiger partial charge on any atom is 0.344 e. The Morgan fingerprint density at radius 1 is 1.24 bits per heavy atom. The summed E-state index contributed by atoms with van der Waals surface area (Å²) in [7, 11) is 0. The van der Waals surface area contributed by atoms with Gasteiger partial charge >= 0.3 is 6.03 Å². The Hall–Kier alpha value is -1.75. The monoisotopic (exact) mass is 303 g/mol. The van der Waals surface area contributed by atoms with Crippen molar-refractivity contribution < 1.29 is 4.79 Å². The number of benzene rings is 1. The molecule has 0 atom stereocenters. The molecule has 2 aromatic rings. The van der Waals surface area contributed by atoms with Gasteiger partial charge in [0.2, 0.25) is 0 Å². The van der Waals surface area contributed by atoms with E-state index < -0.39 is 0 Å². The Kier molecular flexibility index (Phi) is 5.44. The van der Waals surface area contributed by atoms with Gasteiger partial charge < -0.3 is 4.90 Å². The number of hydrogen-bond donors (Lipinski definition) is 0. The van der Waals surface area contributed by atoms with E-state index in [4.69, 9.17) is 0 Å². The molecule has 1 aromatic heterocycles. The number of aryl methyl sites for hydroxylation is 1. The number of carbonyl (C=O) groups excluding carboxylic acids is 1. The summed E-state index contributed by atoms with van der Waals surface area (Å²) in [5.74, 6) is 0.864. The number of aromatic nitrogens is 2. The molecule has 0 spiro atoms. The Balaban J connectivity index is 2.00. The van der Waals surface area contributed by atoms with Crippen LogP contribution in [0.5, 0.6) is 0 Å². The van der Waals surface area contributed by atoms with Crippen LogP contribution in [0.3, 0.4) is 0 Å². The van der Waals surface area contributed by atoms with E-state index in [0.717, 1.165) is 10.8 Å². The second-order valence-electron chi connectivity index (χ2n) is 4.77. The van der Waals surface area contributed by atoms with Crippen LogP contribution in [0.4, 0.5) is 4.79 Å². The van der Waals surface area contributed by atoms with Crippen molar-refractivity contribution in [1.29, 1.82) is 0 Å². The molecular formula is C16H21N3OS. The lowest BCUT2D eigenvalue weighted by Crippen LogP contribution is -2.34. The van der Waals surface area contributed by atoms with Crippen molar-refractivity contribution in [3.8, 4) is 0 Å². The number of hydrogen-bond acceptors (Lipinski definition) is 3. The molecule has 2 rings (SSSR count). The maximum atomic E-state index is 12.2. The van der Waals surface area contributed by atoms with Gasteiger partial charge in [-0.05, 0) is 38.0 Å². The molecule has 0 N–H and O–H groups in total. The van der Waals surface area contributed by atoms with E-state index >= 15 is 0 Å². The minimum absolute atomic E-state index is 0.0669. The van der Waals surface area contributed by atoms with Crippen molar-refractivity contribution in [3.05, 3.63) is 47.7 Å². The molecule has 0 fully saturated rings. The predicted octanol–water partition coefficient (Wildman–Crippen LogP) is 3.79. The number of thioether (sulfide) groups is 1. The Bertz CT molecular complexity index is 605. The van der Waals surface area contributed by atoms with E-state index in [1.807, 2.05) is 32.0 Å². The predicted molar refractivity (Wildman–Crippen MR) is 86.7 cm³/mol. The number of nitrogens with zero attached hydrogens (tertiary/aromatic N) is 3. The quantitative estimate of drug-likeness (QED) is 0.789. The average Bonchev–Trinajstić information content (AvgIpc) is 2.96. The summed E-state index contributed by atoms with van der Waals surface area (Å²) in [5, 5.41) is 5.23. The van der Waals surface area contributed by atoms with E-state index in [1.165, 1.54) is 15.8 Å². The summed E-state index contributed by atoms with van der Waals surface area (Å²) in [6, 6.07) is 10.2. The molecule has 0 radical (unpaired) electrons. The molecule has 112 valence electrons. The third-order valence-electron chi connectivity index (χ3n) is 3.43. The van der Waals surface area contributed by atoms with E-state index in [-0.39, 0.29) is 6.03 Å². The van der Waals surface area contributed by atoms with Crippen LogP contribution < -0.4 is 0 Å². The molecule has 0 saturated heterocycles. The van der Waals surface area contributed by atoms with E-state index in [0.29, 0.717) is 13.1 Å². The van der Waals surface area contributed by atoms with Crippen molar-refractivity contribution in [2.45, 2.75) is 31.6 Å². The first-order valence-electron chi connectivity index (χ1n) is 7.18. The van der Waals surface area contributed by atoms with Gasteiger partial charge in [0, 0.05) is 25.0 Å². The molecule has 1 heterocycles. The lowest BCUT2D eigenvalue weighted by Gasteiger charge is -2.17. The fourth-order valence-corrected chi connectivity index (χ4v) is 2.98. The van der Waals surface area contributed by atoms with Crippen LogP contribution in [-0.2, 0) is 5.75 Å². The second-order valence-corrected chi connectivity index (χ2v) is 5.76. The summed E-state index contributed by atoms with van der Waals surface area (Å²) in [6.07, 6.45) is 1.74. The molecule has 0 aliphatic heterocycles. The number of rotatable bonds is 5. The standard InChI is InChI=1S/C16H21N3OS/c1-4-18(5-2)16(20)19-11-10-15(17-19)21-12-14-9-7-6-8-13(14)3/h6-11H,4-5,12H2,1-3H3. The number of carbonyl (C=O) groups is 1. The van der Waals surface area contributed by atoms with Gasteiger partial charge in [0.05, 0.1) is 0 Å². The van der Waals surface area contributed by atoms with Crippen LogP contribution in [0, 0.1) is 6.92 Å². The van der Waals surface area contributed by atoms with Crippen molar-refractivity contribution in [1.82, 2.24) is 14.7 Å². The minimum Gasteiger partial charge on any atom is -0.323 e. The molecule has 0 aliphatic rings. The van der Waals surface area contributed by atoms with Gasteiger partial charge in [0.1, 0.15) is 5.03 Å². The fourth-order valence-electron chi connectivity index (χ4n) is 2.05. The van der Waals surface area contributed by atoms with E-state index in [9.17, 15) is 4.79 Å². The van der Waals surface area contributed by atoms with Crippen LogP contribution in [0.1, 0.15) is 25.0 Å². The molecule has 0 bridgehead atoms. The lowest BCUT2D eigenvalue weighted by molar-refractivity contribution is 0.201. The van der Waals surface area contributed by atoms with Crippen molar-refractivity contribution in [3.63, 3.8) is 0 Å². The van der Waals surface area contributed by atoms with Crippen molar-refractivity contribution >= 4 is 17.8 Å². The van der Waals surface area contributed by atoms with Crippen LogP contribution in [-0.4, -0.2) is 33.8 Å². The van der Waals surface area contributed by atoms with Crippen molar-refractivity contribution in [2.75, 3.05) is 13.1 Å². The normalized spacial score (nSPS) is 10.6. The molecule has 1 amide bonds. The third-order valence-corrected chi connectivity index (χ3v) is 4.40. The first kappa shape index (κ1) is 15.6. The largest absolute Gasteiger partial charge is 0.344 e. The number of amides is 1. The van der Waals surface area contributed by atoms with E-state index in [2.05, 4.69) is 24.2 Å². The Morgan fingerprint density at radius 2 is 1.95 bits per heavy atom. The lowest BCUT2D eigenvalue weighted by atomic mass is 10.1. The zero-order chi connectivity index (χ0) is 15.2. The van der Waals surface area contributed by atoms with Crippen LogP contribution in [0.15, 0.2) is 41.6 Å². The highest BCUT2D eigenvalue weighted by Crippen LogP contribution is 2.22. The zero-order valence-corrected chi connectivity index (χ0v) is 13.6. The fraction of sp³-hybridized carbons (Fsp3) is 0.375. The van der Waals surface area contributed by atoms with Gasteiger partial charge in [0.15, 0.2) is 0 Å². The third kappa shape index (κ3) is 3.88. The summed E-state index contributed by atoms with van der Waals surface area (Å²) < 4.78 is 1.42. The van der Waals surface area contributed by atoms with Gasteiger partial charge in [-0.2, -0.15) is 9.78 Å². The van der Waals surface area contributed by atoms with Crippen LogP contribution >= 0.6 is 11.8 Å². The summed E-state index contributed by atoms with van der Waals surface area (Å²) in [6.45, 7) is 7.44. The molecule has 21 heavy (non-hydrogen) atoms. The zero-order valence-electron chi connectivity index (χ0n) is 12.7. The molecule has 1 aromatic carbocycles. The molecule has 0 saturated carbocycles. The van der Waals surface area contributed by atoms with Crippen molar-refractivity contribution in [2.24, 2.45) is 0 Å². The summed E-state index contributed by atoms with van der Waals surface area (Å²) >= 11 is 1.65.